The van der Waals surface area contributed by atoms with E-state index in [2.05, 4.69) is 21.2 Å². The highest BCUT2D eigenvalue weighted by molar-refractivity contribution is 9.10. The largest absolute Gasteiger partial charge is 0.452 e. The molecule has 4 aliphatic rings. The third-order valence-electron chi connectivity index (χ3n) is 8.59. The summed E-state index contributed by atoms with van der Waals surface area (Å²) in [4.78, 5) is 55.2. The smallest absolute Gasteiger partial charge is 0.340 e. The Hall–Kier alpha value is -4.56. The van der Waals surface area contributed by atoms with Gasteiger partial charge in [0.2, 0.25) is 11.8 Å². The lowest BCUT2D eigenvalue weighted by Crippen LogP contribution is -2.41. The van der Waals surface area contributed by atoms with Crippen LogP contribution in [0.3, 0.4) is 0 Å². The normalized spacial score (nSPS) is 21.4. The first kappa shape index (κ1) is 26.3. The van der Waals surface area contributed by atoms with Gasteiger partial charge in [0.25, 0.3) is 5.91 Å². The molecule has 0 saturated carbocycles. The maximum Gasteiger partial charge on any atom is 0.340 e. The fourth-order valence-electron chi connectivity index (χ4n) is 6.88. The van der Waals surface area contributed by atoms with Gasteiger partial charge in [-0.3, -0.25) is 14.4 Å². The van der Waals surface area contributed by atoms with Gasteiger partial charge in [0.05, 0.1) is 23.1 Å². The third-order valence-corrected chi connectivity index (χ3v) is 9.48. The molecule has 1 saturated heterocycles. The van der Waals surface area contributed by atoms with Crippen LogP contribution in [-0.4, -0.2) is 30.3 Å². The lowest BCUT2D eigenvalue weighted by molar-refractivity contribution is -0.122. The maximum absolute atomic E-state index is 14.1. The van der Waals surface area contributed by atoms with Gasteiger partial charge < -0.3 is 10.1 Å². The number of rotatable bonds is 5. The number of hydrogen-bond donors (Lipinski definition) is 1. The second-order valence-corrected chi connectivity index (χ2v) is 11.7. The Bertz CT molecular complexity index is 1700. The van der Waals surface area contributed by atoms with Crippen LogP contribution in [0.4, 0.5) is 11.4 Å². The number of carbonyl (C=O) groups is 4. The van der Waals surface area contributed by atoms with Crippen LogP contribution in [0.15, 0.2) is 95.5 Å². The topological polar surface area (TPSA) is 92.8 Å². The molecule has 0 radical (unpaired) electrons. The highest BCUT2D eigenvalue weighted by Gasteiger charge is 2.62. The molecule has 7 nitrogen and oxygen atoms in total. The summed E-state index contributed by atoms with van der Waals surface area (Å²) in [5.41, 5.74) is 6.03. The number of benzene rings is 4. The van der Waals surface area contributed by atoms with E-state index < -0.39 is 30.3 Å². The number of ether oxygens (including phenoxy) is 1. The quantitative estimate of drug-likeness (QED) is 0.220. The number of nitrogens with one attached hydrogen (secondary N) is 1. The number of amides is 3. The summed E-state index contributed by atoms with van der Waals surface area (Å²) in [6, 6.07) is 27.8. The van der Waals surface area contributed by atoms with E-state index in [9.17, 15) is 19.2 Å². The molecule has 42 heavy (non-hydrogen) atoms. The van der Waals surface area contributed by atoms with Crippen molar-refractivity contribution in [2.45, 2.75) is 18.8 Å². The van der Waals surface area contributed by atoms with Crippen LogP contribution in [0.25, 0.3) is 0 Å². The number of carbonyl (C=O) groups excluding carboxylic acids is 4. The summed E-state index contributed by atoms with van der Waals surface area (Å²) in [5.74, 6) is -3.60. The second-order valence-electron chi connectivity index (χ2n) is 10.9. The average Bonchev–Trinajstić information content (AvgIpc) is 3.27. The van der Waals surface area contributed by atoms with Gasteiger partial charge in [-0.05, 0) is 65.1 Å². The summed E-state index contributed by atoms with van der Waals surface area (Å²) >= 11 is 3.43. The molecular formula is C34H25BrN2O5. The molecule has 3 aliphatic carbocycles. The first-order valence-corrected chi connectivity index (χ1v) is 14.5. The molecule has 4 aromatic rings. The zero-order chi connectivity index (χ0) is 29.1. The molecule has 8 heteroatoms. The molecule has 0 aromatic heterocycles. The second kappa shape index (κ2) is 10.1. The van der Waals surface area contributed by atoms with Gasteiger partial charge in [-0.15, -0.1) is 0 Å². The van der Waals surface area contributed by atoms with Crippen LogP contribution in [0, 0.1) is 18.8 Å². The standard InChI is InChI=1S/C34H25BrN2O5/c1-18-16-19(14-15-25(18)35)36-27(38)17-42-34(41)24-12-6-7-13-26(24)37-32(39)30-28-20-8-2-3-9-21(20)29(31(30)33(37)40)23-11-5-4-10-22(23)28/h2-16,28-31H,17H2,1H3,(H,36,38)/t28?,29?,30-,31-/m0/s1. The molecular weight excluding hydrogens is 596 g/mol. The van der Waals surface area contributed by atoms with Crippen LogP contribution in [0.5, 0.6) is 0 Å². The lowest BCUT2D eigenvalue weighted by atomic mass is 9.55. The summed E-state index contributed by atoms with van der Waals surface area (Å²) in [7, 11) is 0. The molecule has 1 fully saturated rings. The fourth-order valence-corrected chi connectivity index (χ4v) is 7.13. The number of hydrogen-bond acceptors (Lipinski definition) is 5. The summed E-state index contributed by atoms with van der Waals surface area (Å²) in [6.07, 6.45) is 0. The van der Waals surface area contributed by atoms with Crippen LogP contribution < -0.4 is 10.2 Å². The molecule has 2 atom stereocenters. The Kier molecular flexibility index (Phi) is 6.31. The molecule has 3 amide bonds. The predicted octanol–water partition coefficient (Wildman–Crippen LogP) is 5.95. The molecule has 2 bridgehead atoms. The SMILES string of the molecule is Cc1cc(NC(=O)COC(=O)c2ccccc2N2C(=O)[C@H]3C4c5ccccc5C(c5ccccc54)[C@@H]3C2=O)ccc1Br. The van der Waals surface area contributed by atoms with Gasteiger partial charge in [0.15, 0.2) is 6.61 Å². The van der Waals surface area contributed by atoms with Gasteiger partial charge in [0, 0.05) is 22.0 Å². The minimum absolute atomic E-state index is 0.0486. The van der Waals surface area contributed by atoms with Gasteiger partial charge in [0.1, 0.15) is 0 Å². The summed E-state index contributed by atoms with van der Waals surface area (Å²) < 4.78 is 6.26. The first-order chi connectivity index (χ1) is 20.3. The highest BCUT2D eigenvalue weighted by atomic mass is 79.9. The lowest BCUT2D eigenvalue weighted by Gasteiger charge is -2.45. The minimum atomic E-state index is -0.794. The van der Waals surface area contributed by atoms with Gasteiger partial charge >= 0.3 is 5.97 Å². The molecule has 1 heterocycles. The summed E-state index contributed by atoms with van der Waals surface area (Å²) in [6.45, 7) is 1.38. The van der Waals surface area contributed by atoms with E-state index >= 15 is 0 Å². The van der Waals surface area contributed by atoms with Gasteiger partial charge in [-0.2, -0.15) is 0 Å². The zero-order valence-corrected chi connectivity index (χ0v) is 24.1. The van der Waals surface area contributed by atoms with Gasteiger partial charge in [-0.25, -0.2) is 9.69 Å². The minimum Gasteiger partial charge on any atom is -0.452 e. The molecule has 0 unspecified atom stereocenters. The van der Waals surface area contributed by atoms with Crippen molar-refractivity contribution in [3.8, 4) is 0 Å². The third kappa shape index (κ3) is 4.01. The van der Waals surface area contributed by atoms with Crippen molar-refractivity contribution in [2.24, 2.45) is 11.8 Å². The van der Waals surface area contributed by atoms with Crippen LogP contribution >= 0.6 is 15.9 Å². The van der Waals surface area contributed by atoms with Crippen LogP contribution in [0.1, 0.15) is 50.0 Å². The predicted molar refractivity (Wildman–Crippen MR) is 160 cm³/mol. The average molecular weight is 621 g/mol. The van der Waals surface area contributed by atoms with E-state index in [1.54, 1.807) is 30.3 Å². The van der Waals surface area contributed by atoms with Crippen molar-refractivity contribution in [2.75, 3.05) is 16.8 Å². The van der Waals surface area contributed by atoms with Crippen LogP contribution in [0.2, 0.25) is 0 Å². The molecule has 0 spiro atoms. The number of nitrogens with zero attached hydrogens (tertiary/aromatic N) is 1. The van der Waals surface area contributed by atoms with Crippen LogP contribution in [-0.2, 0) is 19.1 Å². The maximum atomic E-state index is 14.1. The highest BCUT2D eigenvalue weighted by Crippen LogP contribution is 2.61. The Labute approximate surface area is 250 Å². The van der Waals surface area contributed by atoms with E-state index in [0.29, 0.717) is 5.69 Å². The van der Waals surface area contributed by atoms with Crippen molar-refractivity contribution in [3.63, 3.8) is 0 Å². The Morgan fingerprint density at radius 1 is 0.786 bits per heavy atom. The van der Waals surface area contributed by atoms with E-state index in [4.69, 9.17) is 4.74 Å². The van der Waals surface area contributed by atoms with E-state index in [-0.39, 0.29) is 34.9 Å². The number of anilines is 2. The molecule has 8 rings (SSSR count). The van der Waals surface area contributed by atoms with E-state index in [1.165, 1.54) is 6.07 Å². The number of halogens is 1. The van der Waals surface area contributed by atoms with Crippen molar-refractivity contribution < 1.29 is 23.9 Å². The Morgan fingerprint density at radius 2 is 1.31 bits per heavy atom. The van der Waals surface area contributed by atoms with E-state index in [1.807, 2.05) is 61.5 Å². The number of imide groups is 1. The summed E-state index contributed by atoms with van der Waals surface area (Å²) in [5, 5.41) is 2.71. The van der Waals surface area contributed by atoms with Crippen molar-refractivity contribution in [1.82, 2.24) is 0 Å². The number of aryl methyl sites for hydroxylation is 1. The molecule has 1 aliphatic heterocycles. The molecule has 1 N–H and O–H groups in total. The molecule has 4 aromatic carbocycles. The number of para-hydroxylation sites is 1. The fraction of sp³-hybridized carbons (Fsp3) is 0.176. The van der Waals surface area contributed by atoms with Gasteiger partial charge in [-0.1, -0.05) is 76.6 Å². The Balaban J connectivity index is 1.17. The van der Waals surface area contributed by atoms with Crippen molar-refractivity contribution in [3.05, 3.63) is 129 Å². The van der Waals surface area contributed by atoms with E-state index in [0.717, 1.165) is 37.2 Å². The molecule has 208 valence electrons. The monoisotopic (exact) mass is 620 g/mol. The number of esters is 1. The zero-order valence-electron chi connectivity index (χ0n) is 22.5. The Morgan fingerprint density at radius 3 is 1.86 bits per heavy atom. The first-order valence-electron chi connectivity index (χ1n) is 13.7. The van der Waals surface area contributed by atoms with Crippen molar-refractivity contribution >= 4 is 51.0 Å². The van der Waals surface area contributed by atoms with Crippen molar-refractivity contribution in [1.29, 1.82) is 0 Å².